The topological polar surface area (TPSA) is 100 Å². The molecule has 29 heavy (non-hydrogen) atoms. The summed E-state index contributed by atoms with van der Waals surface area (Å²) in [6.07, 6.45) is 5.96. The number of hydrogen-bond acceptors (Lipinski definition) is 6. The minimum Gasteiger partial charge on any atom is -0.507 e. The van der Waals surface area contributed by atoms with Gasteiger partial charge in [0.2, 0.25) is 11.2 Å². The molecular weight excluding hydrogens is 372 g/mol. The zero-order valence-electron chi connectivity index (χ0n) is 16.7. The van der Waals surface area contributed by atoms with Crippen LogP contribution in [-0.2, 0) is 6.42 Å². The molecule has 2 aromatic carbocycles. The molecular formula is C23H22O6. The molecule has 0 unspecified atom stereocenters. The van der Waals surface area contributed by atoms with Crippen LogP contribution in [0, 0.1) is 0 Å². The van der Waals surface area contributed by atoms with Crippen molar-refractivity contribution < 1.29 is 24.5 Å². The number of phenols is 3. The fourth-order valence-electron chi connectivity index (χ4n) is 3.51. The summed E-state index contributed by atoms with van der Waals surface area (Å²) in [5.74, 6) is -0.691. The molecule has 4 rings (SSSR count). The van der Waals surface area contributed by atoms with Gasteiger partial charge in [-0.1, -0.05) is 11.6 Å². The quantitative estimate of drug-likeness (QED) is 0.329. The number of fused-ring (bicyclic) bond motifs is 4. The van der Waals surface area contributed by atoms with Crippen molar-refractivity contribution in [2.75, 3.05) is 0 Å². The van der Waals surface area contributed by atoms with Gasteiger partial charge in [-0.15, -0.1) is 0 Å². The van der Waals surface area contributed by atoms with Gasteiger partial charge >= 0.3 is 0 Å². The van der Waals surface area contributed by atoms with Crippen LogP contribution < -0.4 is 10.2 Å². The maximum Gasteiger partial charge on any atom is 0.204 e. The van der Waals surface area contributed by atoms with Crippen molar-refractivity contribution in [1.29, 1.82) is 0 Å². The Morgan fingerprint density at radius 2 is 1.83 bits per heavy atom. The van der Waals surface area contributed by atoms with E-state index in [0.29, 0.717) is 23.3 Å². The third-order valence-electron chi connectivity index (χ3n) is 5.03. The van der Waals surface area contributed by atoms with Crippen LogP contribution in [0.15, 0.2) is 39.1 Å². The molecule has 1 aliphatic heterocycles. The molecule has 0 saturated heterocycles. The number of rotatable bonds is 2. The van der Waals surface area contributed by atoms with Gasteiger partial charge in [-0.25, -0.2) is 0 Å². The summed E-state index contributed by atoms with van der Waals surface area (Å²) in [6.45, 7) is 7.68. The highest BCUT2D eigenvalue weighted by molar-refractivity contribution is 6.01. The Balaban J connectivity index is 2.20. The van der Waals surface area contributed by atoms with E-state index in [1.54, 1.807) is 6.08 Å². The van der Waals surface area contributed by atoms with Gasteiger partial charge in [0.05, 0.1) is 10.9 Å². The largest absolute Gasteiger partial charge is 0.507 e. The third kappa shape index (κ3) is 2.92. The monoisotopic (exact) mass is 394 g/mol. The van der Waals surface area contributed by atoms with Gasteiger partial charge in [0.25, 0.3) is 0 Å². The SMILES string of the molecule is CC(C)=CCc1c2c(c3oc4c(O)c(O)ccc4c(=O)c3c1O)C=CC(C)(C)O2. The van der Waals surface area contributed by atoms with E-state index >= 15 is 0 Å². The molecule has 0 aliphatic carbocycles. The number of ether oxygens (including phenoxy) is 1. The lowest BCUT2D eigenvalue weighted by atomic mass is 9.94. The number of hydrogen-bond donors (Lipinski definition) is 3. The van der Waals surface area contributed by atoms with Crippen molar-refractivity contribution in [1.82, 2.24) is 0 Å². The molecule has 1 aliphatic rings. The Morgan fingerprint density at radius 3 is 2.52 bits per heavy atom. The van der Waals surface area contributed by atoms with Crippen LogP contribution in [0.3, 0.4) is 0 Å². The molecule has 6 heteroatoms. The van der Waals surface area contributed by atoms with E-state index in [1.807, 2.05) is 39.8 Å². The van der Waals surface area contributed by atoms with E-state index in [-0.39, 0.29) is 27.7 Å². The standard InChI is InChI=1S/C23H22O6/c1-11(2)5-6-12-17(25)16-18(26)13-7-8-15(24)19(27)22(13)28-21(16)14-9-10-23(3,4)29-20(12)14/h5,7-10,24-25,27H,6H2,1-4H3. The Hall–Kier alpha value is -3.41. The summed E-state index contributed by atoms with van der Waals surface area (Å²) < 4.78 is 12.0. The maximum atomic E-state index is 13.2. The molecule has 2 heterocycles. The molecule has 0 bridgehead atoms. The summed E-state index contributed by atoms with van der Waals surface area (Å²) in [7, 11) is 0. The summed E-state index contributed by atoms with van der Waals surface area (Å²) >= 11 is 0. The zero-order valence-corrected chi connectivity index (χ0v) is 16.7. The van der Waals surface area contributed by atoms with Crippen LogP contribution in [-0.4, -0.2) is 20.9 Å². The van der Waals surface area contributed by atoms with Crippen LogP contribution in [0.25, 0.3) is 28.0 Å². The Bertz CT molecular complexity index is 1290. The summed E-state index contributed by atoms with van der Waals surface area (Å²) in [4.78, 5) is 13.2. The minimum atomic E-state index is -0.607. The third-order valence-corrected chi connectivity index (χ3v) is 5.03. The van der Waals surface area contributed by atoms with Gasteiger partial charge in [-0.2, -0.15) is 0 Å². The summed E-state index contributed by atoms with van der Waals surface area (Å²) in [5.41, 5.74) is 0.938. The second-order valence-corrected chi connectivity index (χ2v) is 8.04. The predicted molar refractivity (Wildman–Crippen MR) is 112 cm³/mol. The normalized spacial score (nSPS) is 14.6. The summed E-state index contributed by atoms with van der Waals surface area (Å²) in [5, 5.41) is 31.1. The summed E-state index contributed by atoms with van der Waals surface area (Å²) in [6, 6.07) is 2.57. The van der Waals surface area contributed by atoms with Crippen molar-refractivity contribution in [2.45, 2.75) is 39.7 Å². The molecule has 0 spiro atoms. The zero-order chi connectivity index (χ0) is 21.1. The highest BCUT2D eigenvalue weighted by Gasteiger charge is 2.30. The molecule has 6 nitrogen and oxygen atoms in total. The molecule has 3 N–H and O–H groups in total. The number of aromatic hydroxyl groups is 3. The molecule has 3 aromatic rings. The Kier molecular flexibility index (Phi) is 4.12. The smallest absolute Gasteiger partial charge is 0.204 e. The molecule has 0 amide bonds. The average molecular weight is 394 g/mol. The maximum absolute atomic E-state index is 13.2. The van der Waals surface area contributed by atoms with E-state index in [2.05, 4.69) is 0 Å². The van der Waals surface area contributed by atoms with Crippen LogP contribution >= 0.6 is 0 Å². The molecule has 150 valence electrons. The van der Waals surface area contributed by atoms with Crippen LogP contribution in [0.2, 0.25) is 0 Å². The molecule has 0 fully saturated rings. The van der Waals surface area contributed by atoms with Gasteiger partial charge < -0.3 is 24.5 Å². The van der Waals surface area contributed by atoms with Crippen LogP contribution in [0.4, 0.5) is 0 Å². The molecule has 0 atom stereocenters. The van der Waals surface area contributed by atoms with Crippen molar-refractivity contribution in [3.8, 4) is 23.0 Å². The van der Waals surface area contributed by atoms with Crippen LogP contribution in [0.5, 0.6) is 23.0 Å². The fourth-order valence-corrected chi connectivity index (χ4v) is 3.51. The van der Waals surface area contributed by atoms with Gasteiger partial charge in [0, 0.05) is 5.56 Å². The van der Waals surface area contributed by atoms with E-state index < -0.39 is 22.5 Å². The van der Waals surface area contributed by atoms with E-state index in [1.165, 1.54) is 12.1 Å². The first-order valence-corrected chi connectivity index (χ1v) is 9.31. The lowest BCUT2D eigenvalue weighted by Gasteiger charge is -2.30. The lowest BCUT2D eigenvalue weighted by molar-refractivity contribution is 0.157. The van der Waals surface area contributed by atoms with E-state index in [9.17, 15) is 20.1 Å². The van der Waals surface area contributed by atoms with Crippen molar-refractivity contribution in [2.24, 2.45) is 0 Å². The predicted octanol–water partition coefficient (Wildman–Crippen LogP) is 4.76. The number of phenolic OH excluding ortho intramolecular Hbond substituents is 3. The highest BCUT2D eigenvalue weighted by atomic mass is 16.5. The number of benzene rings is 2. The second kappa shape index (κ2) is 6.30. The molecule has 0 saturated carbocycles. The van der Waals surface area contributed by atoms with Gasteiger partial charge in [0.15, 0.2) is 16.9 Å². The first kappa shape index (κ1) is 18.9. The average Bonchev–Trinajstić information content (AvgIpc) is 2.63. The van der Waals surface area contributed by atoms with Crippen molar-refractivity contribution in [3.63, 3.8) is 0 Å². The van der Waals surface area contributed by atoms with E-state index in [4.69, 9.17) is 9.15 Å². The van der Waals surface area contributed by atoms with Gasteiger partial charge in [-0.05, 0) is 58.4 Å². The van der Waals surface area contributed by atoms with Crippen LogP contribution in [0.1, 0.15) is 38.8 Å². The van der Waals surface area contributed by atoms with Crippen molar-refractivity contribution in [3.05, 3.63) is 51.2 Å². The van der Waals surface area contributed by atoms with Gasteiger partial charge in [0.1, 0.15) is 22.5 Å². The Morgan fingerprint density at radius 1 is 1.10 bits per heavy atom. The first-order valence-electron chi connectivity index (χ1n) is 9.31. The second-order valence-electron chi connectivity index (χ2n) is 8.04. The van der Waals surface area contributed by atoms with Gasteiger partial charge in [-0.3, -0.25) is 4.79 Å². The Labute approximate surface area is 167 Å². The highest BCUT2D eigenvalue weighted by Crippen LogP contribution is 2.46. The number of allylic oxidation sites excluding steroid dienone is 2. The lowest BCUT2D eigenvalue weighted by Crippen LogP contribution is -2.28. The van der Waals surface area contributed by atoms with Crippen molar-refractivity contribution >= 4 is 28.0 Å². The fraction of sp³-hybridized carbons (Fsp3) is 0.261. The molecule has 1 aromatic heterocycles. The first-order chi connectivity index (χ1) is 13.6. The minimum absolute atomic E-state index is 0.0199. The molecule has 0 radical (unpaired) electrons. The van der Waals surface area contributed by atoms with E-state index in [0.717, 1.165) is 5.57 Å².